The highest BCUT2D eigenvalue weighted by Gasteiger charge is 1.97. The SMILES string of the molecule is [c]1cccc2nc3ccccc3pc12. The van der Waals surface area contributed by atoms with Crippen LogP contribution in [0.5, 0.6) is 0 Å². The van der Waals surface area contributed by atoms with E-state index >= 15 is 0 Å². The molecule has 65 valence electrons. The lowest BCUT2D eigenvalue weighted by Gasteiger charge is -1.98. The predicted molar refractivity (Wildman–Crippen MR) is 60.6 cm³/mol. The van der Waals surface area contributed by atoms with E-state index in [0.717, 1.165) is 11.0 Å². The van der Waals surface area contributed by atoms with Crippen LogP contribution in [0.15, 0.2) is 42.5 Å². The van der Waals surface area contributed by atoms with Crippen LogP contribution in [0.3, 0.4) is 0 Å². The molecule has 0 aliphatic rings. The maximum absolute atomic E-state index is 4.57. The Labute approximate surface area is 83.5 Å². The molecular weight excluding hydrogens is 189 g/mol. The molecule has 0 atom stereocenters. The van der Waals surface area contributed by atoms with Crippen LogP contribution in [0.2, 0.25) is 0 Å². The first-order chi connectivity index (χ1) is 6.93. The number of fused-ring (bicyclic) bond motifs is 2. The Kier molecular flexibility index (Phi) is 1.71. The summed E-state index contributed by atoms with van der Waals surface area (Å²) in [6.45, 7) is 0. The van der Waals surface area contributed by atoms with E-state index in [0.29, 0.717) is 0 Å². The van der Waals surface area contributed by atoms with Crippen molar-refractivity contribution < 1.29 is 0 Å². The average Bonchev–Trinajstić information content (AvgIpc) is 2.26. The van der Waals surface area contributed by atoms with Gasteiger partial charge in [0, 0.05) is 10.2 Å². The van der Waals surface area contributed by atoms with Crippen LogP contribution in [0.25, 0.3) is 21.3 Å². The van der Waals surface area contributed by atoms with Crippen molar-refractivity contribution >= 4 is 29.5 Å². The first-order valence-electron chi connectivity index (χ1n) is 4.47. The largest absolute Gasteiger partial charge is 0.247 e. The Morgan fingerprint density at radius 1 is 1.00 bits per heavy atom. The maximum Gasteiger partial charge on any atom is 0.0762 e. The minimum absolute atomic E-state index is 1.05. The highest BCUT2D eigenvalue weighted by atomic mass is 31.0. The third-order valence-electron chi connectivity index (χ3n) is 2.17. The zero-order chi connectivity index (χ0) is 9.38. The Morgan fingerprint density at radius 2 is 1.86 bits per heavy atom. The van der Waals surface area contributed by atoms with E-state index < -0.39 is 0 Å². The van der Waals surface area contributed by atoms with Crippen molar-refractivity contribution in [2.45, 2.75) is 0 Å². The second kappa shape index (κ2) is 3.04. The molecule has 0 spiro atoms. The lowest BCUT2D eigenvalue weighted by Crippen LogP contribution is -1.77. The van der Waals surface area contributed by atoms with E-state index in [-0.39, 0.29) is 0 Å². The van der Waals surface area contributed by atoms with Gasteiger partial charge in [-0.1, -0.05) is 32.5 Å². The molecule has 0 saturated carbocycles. The summed E-state index contributed by atoms with van der Waals surface area (Å²) in [7, 11) is 1.21. The van der Waals surface area contributed by atoms with Crippen LogP contribution in [-0.2, 0) is 0 Å². The summed E-state index contributed by atoms with van der Waals surface area (Å²) in [5.74, 6) is 0. The topological polar surface area (TPSA) is 12.9 Å². The number of benzene rings is 2. The molecule has 2 heteroatoms. The molecule has 0 fully saturated rings. The van der Waals surface area contributed by atoms with E-state index in [1.807, 2.05) is 24.3 Å². The zero-order valence-corrected chi connectivity index (χ0v) is 8.33. The van der Waals surface area contributed by atoms with Crippen molar-refractivity contribution in [3.8, 4) is 0 Å². The standard InChI is InChI=1S/C12H7NP/c1-3-7-11-9(5-1)13-10-6-2-4-8-12(10)14-11/h1-7H. The van der Waals surface area contributed by atoms with Gasteiger partial charge in [-0.2, -0.15) is 0 Å². The van der Waals surface area contributed by atoms with Crippen molar-refractivity contribution in [3.05, 3.63) is 48.5 Å². The first kappa shape index (κ1) is 7.90. The van der Waals surface area contributed by atoms with Crippen LogP contribution < -0.4 is 0 Å². The number of hydrogen-bond acceptors (Lipinski definition) is 1. The maximum atomic E-state index is 4.57. The number of nitrogens with zero attached hydrogens (tertiary/aromatic N) is 1. The summed E-state index contributed by atoms with van der Waals surface area (Å²) in [6.07, 6.45) is 0. The van der Waals surface area contributed by atoms with Crippen molar-refractivity contribution in [3.63, 3.8) is 0 Å². The normalized spacial score (nSPS) is 10.9. The Hall–Kier alpha value is -1.46. The minimum atomic E-state index is 1.05. The molecule has 0 N–H and O–H groups in total. The van der Waals surface area contributed by atoms with Crippen LogP contribution in [-0.4, -0.2) is 4.98 Å². The van der Waals surface area contributed by atoms with Gasteiger partial charge in [0.1, 0.15) is 0 Å². The van der Waals surface area contributed by atoms with Gasteiger partial charge in [0.05, 0.1) is 11.0 Å². The average molecular weight is 196 g/mol. The number of para-hydroxylation sites is 1. The fourth-order valence-corrected chi connectivity index (χ4v) is 2.52. The molecule has 0 saturated heterocycles. The summed E-state index contributed by atoms with van der Waals surface area (Å²) in [5, 5.41) is 2.44. The van der Waals surface area contributed by atoms with Gasteiger partial charge < -0.3 is 0 Å². The summed E-state index contributed by atoms with van der Waals surface area (Å²) < 4.78 is 0. The van der Waals surface area contributed by atoms with Crippen LogP contribution in [0.1, 0.15) is 0 Å². The van der Waals surface area contributed by atoms with Gasteiger partial charge in [-0.25, -0.2) is 4.98 Å². The molecule has 1 heterocycles. The molecule has 0 bridgehead atoms. The van der Waals surface area contributed by atoms with Gasteiger partial charge in [0.2, 0.25) is 0 Å². The highest BCUT2D eigenvalue weighted by Crippen LogP contribution is 2.28. The molecule has 0 amide bonds. The van der Waals surface area contributed by atoms with Crippen LogP contribution >= 0.6 is 8.19 Å². The highest BCUT2D eigenvalue weighted by molar-refractivity contribution is 7.42. The lowest BCUT2D eigenvalue weighted by molar-refractivity contribution is 1.52. The fourth-order valence-electron chi connectivity index (χ4n) is 1.50. The van der Waals surface area contributed by atoms with E-state index in [2.05, 4.69) is 29.2 Å². The molecule has 3 aromatic rings. The third-order valence-corrected chi connectivity index (χ3v) is 3.37. The molecule has 0 unspecified atom stereocenters. The second-order valence-electron chi connectivity index (χ2n) is 3.12. The van der Waals surface area contributed by atoms with Gasteiger partial charge in [-0.3, -0.25) is 0 Å². The molecule has 1 aromatic heterocycles. The van der Waals surface area contributed by atoms with Crippen molar-refractivity contribution in [2.75, 3.05) is 0 Å². The Bertz CT molecular complexity index is 499. The van der Waals surface area contributed by atoms with Gasteiger partial charge in [-0.05, 0) is 24.3 Å². The number of aromatic nitrogens is 1. The molecule has 0 aliphatic carbocycles. The quantitative estimate of drug-likeness (QED) is 0.499. The van der Waals surface area contributed by atoms with Gasteiger partial charge in [0.25, 0.3) is 0 Å². The first-order valence-corrected chi connectivity index (χ1v) is 5.36. The van der Waals surface area contributed by atoms with Gasteiger partial charge >= 0.3 is 0 Å². The van der Waals surface area contributed by atoms with E-state index in [1.165, 1.54) is 18.4 Å². The summed E-state index contributed by atoms with van der Waals surface area (Å²) in [5.41, 5.74) is 2.13. The monoisotopic (exact) mass is 196 g/mol. The molecule has 2 aromatic carbocycles. The molecular formula is C12H7NP. The predicted octanol–water partition coefficient (Wildman–Crippen LogP) is 3.77. The number of rotatable bonds is 0. The minimum Gasteiger partial charge on any atom is -0.247 e. The van der Waals surface area contributed by atoms with Crippen LogP contribution in [0, 0.1) is 6.07 Å². The Balaban J connectivity index is 2.52. The molecule has 14 heavy (non-hydrogen) atoms. The van der Waals surface area contributed by atoms with E-state index in [1.54, 1.807) is 0 Å². The fraction of sp³-hybridized carbons (Fsp3) is 0. The molecule has 0 aliphatic heterocycles. The van der Waals surface area contributed by atoms with Gasteiger partial charge in [-0.15, -0.1) is 0 Å². The lowest BCUT2D eigenvalue weighted by atomic mass is 10.3. The van der Waals surface area contributed by atoms with Crippen LogP contribution in [0.4, 0.5) is 0 Å². The summed E-state index contributed by atoms with van der Waals surface area (Å²) in [6, 6.07) is 17.4. The van der Waals surface area contributed by atoms with Gasteiger partial charge in [0.15, 0.2) is 0 Å². The molecule has 1 nitrogen and oxygen atoms in total. The summed E-state index contributed by atoms with van der Waals surface area (Å²) in [4.78, 5) is 4.57. The summed E-state index contributed by atoms with van der Waals surface area (Å²) >= 11 is 0. The van der Waals surface area contributed by atoms with Crippen molar-refractivity contribution in [1.82, 2.24) is 4.98 Å². The number of hydrogen-bond donors (Lipinski definition) is 0. The zero-order valence-electron chi connectivity index (χ0n) is 7.44. The third kappa shape index (κ3) is 1.18. The molecule has 3 rings (SSSR count). The second-order valence-corrected chi connectivity index (χ2v) is 4.27. The Morgan fingerprint density at radius 3 is 2.86 bits per heavy atom. The van der Waals surface area contributed by atoms with E-state index in [4.69, 9.17) is 0 Å². The van der Waals surface area contributed by atoms with Crippen molar-refractivity contribution in [2.24, 2.45) is 0 Å². The smallest absolute Gasteiger partial charge is 0.0762 e. The molecule has 1 radical (unpaired) electrons. The van der Waals surface area contributed by atoms with E-state index in [9.17, 15) is 0 Å². The van der Waals surface area contributed by atoms with Crippen molar-refractivity contribution in [1.29, 1.82) is 0 Å².